The molecule has 0 atom stereocenters. The minimum absolute atomic E-state index is 0.706. The van der Waals surface area contributed by atoms with Crippen molar-refractivity contribution in [2.24, 2.45) is 0 Å². The number of imidazole rings is 1. The van der Waals surface area contributed by atoms with Crippen LogP contribution < -0.4 is 0 Å². The summed E-state index contributed by atoms with van der Waals surface area (Å²) < 4.78 is 0. The molecule has 0 fully saturated rings. The Balaban J connectivity index is 2.26. The Kier molecular flexibility index (Phi) is 2.53. The normalized spacial score (nSPS) is 10.9. The van der Waals surface area contributed by atoms with E-state index in [1.165, 1.54) is 0 Å². The fourth-order valence-corrected chi connectivity index (χ4v) is 2.12. The van der Waals surface area contributed by atoms with Gasteiger partial charge in [-0.3, -0.25) is 0 Å². The molecule has 0 saturated heterocycles. The van der Waals surface area contributed by atoms with E-state index in [-0.39, 0.29) is 0 Å². The summed E-state index contributed by atoms with van der Waals surface area (Å²) in [5, 5.41) is 0.906. The molecule has 3 rings (SSSR count). The molecule has 2 aromatic heterocycles. The first-order chi connectivity index (χ1) is 8.38. The minimum Gasteiger partial charge on any atom is -0.333 e. The van der Waals surface area contributed by atoms with Gasteiger partial charge in [-0.25, -0.2) is 15.0 Å². The van der Waals surface area contributed by atoms with Crippen molar-refractivity contribution in [1.29, 1.82) is 0 Å². The molecular weight excluding hydrogens is 232 g/mol. The average Bonchev–Trinajstić information content (AvgIpc) is 2.82. The van der Waals surface area contributed by atoms with Crippen molar-refractivity contribution in [3.8, 4) is 11.4 Å². The van der Waals surface area contributed by atoms with Gasteiger partial charge in [-0.2, -0.15) is 0 Å². The van der Waals surface area contributed by atoms with E-state index in [4.69, 9.17) is 0 Å². The van der Waals surface area contributed by atoms with Crippen LogP contribution in [0.5, 0.6) is 0 Å². The van der Waals surface area contributed by atoms with Crippen molar-refractivity contribution in [3.05, 3.63) is 36.7 Å². The summed E-state index contributed by atoms with van der Waals surface area (Å²) in [5.41, 5.74) is 2.89. The van der Waals surface area contributed by atoms with Gasteiger partial charge in [0.2, 0.25) is 0 Å². The fraction of sp³-hybridized carbons (Fsp3) is 0.0833. The predicted molar refractivity (Wildman–Crippen MR) is 68.9 cm³/mol. The first-order valence-corrected chi connectivity index (χ1v) is 6.41. The van der Waals surface area contributed by atoms with Gasteiger partial charge >= 0.3 is 0 Å². The zero-order valence-electron chi connectivity index (χ0n) is 9.21. The molecule has 1 aromatic carbocycles. The maximum atomic E-state index is 4.53. The molecule has 0 aliphatic heterocycles. The smallest absolute Gasteiger partial charge is 0.166 e. The third-order valence-electron chi connectivity index (χ3n) is 2.49. The fourth-order valence-electron chi connectivity index (χ4n) is 1.72. The Morgan fingerprint density at radius 2 is 1.94 bits per heavy atom. The predicted octanol–water partition coefficient (Wildman–Crippen LogP) is 2.74. The van der Waals surface area contributed by atoms with Crippen molar-refractivity contribution in [2.45, 2.75) is 5.16 Å². The maximum absolute atomic E-state index is 4.53. The lowest BCUT2D eigenvalue weighted by Crippen LogP contribution is -1.87. The summed E-state index contributed by atoms with van der Waals surface area (Å²) in [6, 6.07) is 7.79. The number of nitrogens with one attached hydrogen (secondary N) is 1. The third-order valence-corrected chi connectivity index (χ3v) is 3.07. The van der Waals surface area contributed by atoms with Crippen molar-refractivity contribution in [1.82, 2.24) is 19.9 Å². The molecule has 0 aliphatic carbocycles. The van der Waals surface area contributed by atoms with Crippen LogP contribution in [0.1, 0.15) is 0 Å². The van der Waals surface area contributed by atoms with E-state index < -0.39 is 0 Å². The largest absolute Gasteiger partial charge is 0.333 e. The van der Waals surface area contributed by atoms with Crippen LogP contribution in [-0.2, 0) is 0 Å². The maximum Gasteiger partial charge on any atom is 0.166 e. The number of rotatable bonds is 2. The van der Waals surface area contributed by atoms with Gasteiger partial charge in [0.25, 0.3) is 0 Å². The van der Waals surface area contributed by atoms with Crippen molar-refractivity contribution < 1.29 is 0 Å². The lowest BCUT2D eigenvalue weighted by Gasteiger charge is -1.99. The molecule has 84 valence electrons. The first kappa shape index (κ1) is 10.3. The van der Waals surface area contributed by atoms with E-state index in [0.717, 1.165) is 21.8 Å². The van der Waals surface area contributed by atoms with Crippen molar-refractivity contribution >= 4 is 22.8 Å². The van der Waals surface area contributed by atoms with Crippen molar-refractivity contribution in [3.63, 3.8) is 0 Å². The van der Waals surface area contributed by atoms with Gasteiger partial charge in [0.05, 0.1) is 5.52 Å². The van der Waals surface area contributed by atoms with E-state index in [0.29, 0.717) is 5.82 Å². The lowest BCUT2D eigenvalue weighted by molar-refractivity contribution is 1.08. The summed E-state index contributed by atoms with van der Waals surface area (Å²) in [6.07, 6.45) is 5.48. The number of aromatic nitrogens is 4. The molecule has 0 radical (unpaired) electrons. The average molecular weight is 242 g/mol. The SMILES string of the molecule is CSc1nc2c(-c3ncccn3)cccc2[nH]1. The minimum atomic E-state index is 0.706. The number of H-pyrrole nitrogens is 1. The summed E-state index contributed by atoms with van der Waals surface area (Å²) in [5.74, 6) is 0.706. The zero-order valence-corrected chi connectivity index (χ0v) is 10.0. The van der Waals surface area contributed by atoms with Gasteiger partial charge in [-0.15, -0.1) is 0 Å². The highest BCUT2D eigenvalue weighted by molar-refractivity contribution is 7.98. The Morgan fingerprint density at radius 1 is 1.12 bits per heavy atom. The van der Waals surface area contributed by atoms with E-state index in [1.807, 2.05) is 30.5 Å². The lowest BCUT2D eigenvalue weighted by atomic mass is 10.1. The van der Waals surface area contributed by atoms with Crippen LogP contribution in [0.25, 0.3) is 22.4 Å². The van der Waals surface area contributed by atoms with Crippen LogP contribution in [0.4, 0.5) is 0 Å². The molecule has 0 saturated carbocycles. The Bertz CT molecular complexity index is 648. The van der Waals surface area contributed by atoms with Gasteiger partial charge in [0.1, 0.15) is 5.52 Å². The highest BCUT2D eigenvalue weighted by Gasteiger charge is 2.09. The molecule has 3 aromatic rings. The molecular formula is C12H10N4S. The van der Waals surface area contributed by atoms with Gasteiger partial charge in [0.15, 0.2) is 11.0 Å². The summed E-state index contributed by atoms with van der Waals surface area (Å²) in [7, 11) is 0. The monoisotopic (exact) mass is 242 g/mol. The summed E-state index contributed by atoms with van der Waals surface area (Å²) >= 11 is 1.59. The van der Waals surface area contributed by atoms with Crippen LogP contribution in [0.2, 0.25) is 0 Å². The number of thioether (sulfide) groups is 1. The Labute approximate surface area is 103 Å². The van der Waals surface area contributed by atoms with E-state index in [2.05, 4.69) is 19.9 Å². The van der Waals surface area contributed by atoms with E-state index in [1.54, 1.807) is 24.2 Å². The number of benzene rings is 1. The molecule has 17 heavy (non-hydrogen) atoms. The Morgan fingerprint density at radius 3 is 2.71 bits per heavy atom. The second-order valence-corrected chi connectivity index (χ2v) is 4.32. The zero-order chi connectivity index (χ0) is 11.7. The highest BCUT2D eigenvalue weighted by Crippen LogP contribution is 2.26. The Hall–Kier alpha value is -1.88. The van der Waals surface area contributed by atoms with Crippen LogP contribution in [0, 0.1) is 0 Å². The van der Waals surface area contributed by atoms with Gasteiger partial charge in [0, 0.05) is 18.0 Å². The topological polar surface area (TPSA) is 54.5 Å². The molecule has 0 bridgehead atoms. The first-order valence-electron chi connectivity index (χ1n) is 5.18. The summed E-state index contributed by atoms with van der Waals surface area (Å²) in [6.45, 7) is 0. The molecule has 1 N–H and O–H groups in total. The number of aromatic amines is 1. The second-order valence-electron chi connectivity index (χ2n) is 3.52. The van der Waals surface area contributed by atoms with Crippen LogP contribution in [-0.4, -0.2) is 26.2 Å². The van der Waals surface area contributed by atoms with E-state index in [9.17, 15) is 0 Å². The molecule has 0 aliphatic rings. The molecule has 0 spiro atoms. The van der Waals surface area contributed by atoms with Gasteiger partial charge < -0.3 is 4.98 Å². The number of fused-ring (bicyclic) bond motifs is 1. The standard InChI is InChI=1S/C12H10N4S/c1-17-12-15-9-5-2-4-8(10(9)16-12)11-13-6-3-7-14-11/h2-7H,1H3,(H,15,16). The van der Waals surface area contributed by atoms with Gasteiger partial charge in [-0.1, -0.05) is 17.8 Å². The van der Waals surface area contributed by atoms with Crippen LogP contribution in [0.3, 0.4) is 0 Å². The molecule has 0 amide bonds. The van der Waals surface area contributed by atoms with Gasteiger partial charge in [-0.05, 0) is 24.5 Å². The molecule has 4 nitrogen and oxygen atoms in total. The molecule has 5 heteroatoms. The number of nitrogens with zero attached hydrogens (tertiary/aromatic N) is 3. The number of hydrogen-bond donors (Lipinski definition) is 1. The van der Waals surface area contributed by atoms with E-state index >= 15 is 0 Å². The quantitative estimate of drug-likeness (QED) is 0.702. The van der Waals surface area contributed by atoms with Crippen LogP contribution >= 0.6 is 11.8 Å². The van der Waals surface area contributed by atoms with Crippen molar-refractivity contribution in [2.75, 3.05) is 6.26 Å². The molecule has 2 heterocycles. The number of para-hydroxylation sites is 1. The highest BCUT2D eigenvalue weighted by atomic mass is 32.2. The summed E-state index contributed by atoms with van der Waals surface area (Å²) in [4.78, 5) is 16.3. The second kappa shape index (κ2) is 4.18. The molecule has 0 unspecified atom stereocenters. The number of hydrogen-bond acceptors (Lipinski definition) is 4. The van der Waals surface area contributed by atoms with Crippen LogP contribution in [0.15, 0.2) is 41.8 Å². The third kappa shape index (κ3) is 1.78.